The number of alkyl halides is 3. The third-order valence-electron chi connectivity index (χ3n) is 1.99. The molecule has 8 heteroatoms. The number of carboxylic acids is 1. The minimum atomic E-state index is -4.50. The maximum atomic E-state index is 12.2. The van der Waals surface area contributed by atoms with E-state index in [0.29, 0.717) is 12.4 Å². The van der Waals surface area contributed by atoms with Gasteiger partial charge in [-0.3, -0.25) is 0 Å². The van der Waals surface area contributed by atoms with Crippen molar-refractivity contribution >= 4 is 11.9 Å². The number of hydrogen-bond donors (Lipinski definition) is 2. The zero-order valence-corrected chi connectivity index (χ0v) is 8.82. The van der Waals surface area contributed by atoms with E-state index in [4.69, 9.17) is 5.11 Å². The number of rotatable bonds is 4. The van der Waals surface area contributed by atoms with Gasteiger partial charge in [0.2, 0.25) is 5.95 Å². The van der Waals surface area contributed by atoms with Crippen LogP contribution >= 0.6 is 0 Å². The molecule has 2 N–H and O–H groups in total. The van der Waals surface area contributed by atoms with Gasteiger partial charge in [0, 0.05) is 12.4 Å². The van der Waals surface area contributed by atoms with E-state index >= 15 is 0 Å². The highest BCUT2D eigenvalue weighted by Crippen LogP contribution is 2.28. The van der Waals surface area contributed by atoms with Crippen molar-refractivity contribution in [1.82, 2.24) is 9.97 Å². The quantitative estimate of drug-likeness (QED) is 0.850. The van der Waals surface area contributed by atoms with Crippen LogP contribution < -0.4 is 5.32 Å². The molecule has 0 spiro atoms. The lowest BCUT2D eigenvalue weighted by atomic mass is 10.2. The van der Waals surface area contributed by atoms with Crippen molar-refractivity contribution < 1.29 is 23.1 Å². The monoisotopic (exact) mass is 249 g/mol. The average molecular weight is 249 g/mol. The van der Waals surface area contributed by atoms with Gasteiger partial charge in [0.15, 0.2) is 0 Å². The molecule has 94 valence electrons. The Morgan fingerprint density at radius 2 is 2.00 bits per heavy atom. The number of aliphatic carboxylic acids is 1. The SMILES string of the molecule is CCC(Nc1ncc(C(F)(F)F)cn1)C(=O)O. The molecule has 0 aliphatic carbocycles. The second-order valence-electron chi connectivity index (χ2n) is 3.24. The molecular weight excluding hydrogens is 239 g/mol. The molecule has 1 heterocycles. The molecule has 1 aromatic heterocycles. The topological polar surface area (TPSA) is 75.1 Å². The number of nitrogens with one attached hydrogen (secondary N) is 1. The van der Waals surface area contributed by atoms with Gasteiger partial charge in [-0.2, -0.15) is 13.2 Å². The number of halogens is 3. The summed E-state index contributed by atoms with van der Waals surface area (Å²) in [6.07, 6.45) is -3.04. The summed E-state index contributed by atoms with van der Waals surface area (Å²) < 4.78 is 36.5. The zero-order valence-electron chi connectivity index (χ0n) is 8.82. The number of hydrogen-bond acceptors (Lipinski definition) is 4. The van der Waals surface area contributed by atoms with Crippen molar-refractivity contribution in [3.8, 4) is 0 Å². The largest absolute Gasteiger partial charge is 0.480 e. The molecule has 1 rings (SSSR count). The summed E-state index contributed by atoms with van der Waals surface area (Å²) in [6, 6.07) is -0.924. The molecule has 17 heavy (non-hydrogen) atoms. The second-order valence-corrected chi connectivity index (χ2v) is 3.24. The third kappa shape index (κ3) is 3.58. The van der Waals surface area contributed by atoms with Gasteiger partial charge in [-0.25, -0.2) is 14.8 Å². The Kier molecular flexibility index (Phi) is 3.87. The highest BCUT2D eigenvalue weighted by molar-refractivity contribution is 5.76. The lowest BCUT2D eigenvalue weighted by Crippen LogP contribution is -2.29. The molecule has 0 aliphatic heterocycles. The Hall–Kier alpha value is -1.86. The van der Waals surface area contributed by atoms with Gasteiger partial charge in [0.1, 0.15) is 6.04 Å². The average Bonchev–Trinajstić information content (AvgIpc) is 2.25. The third-order valence-corrected chi connectivity index (χ3v) is 1.99. The van der Waals surface area contributed by atoms with Gasteiger partial charge in [0.05, 0.1) is 5.56 Å². The Morgan fingerprint density at radius 3 is 2.35 bits per heavy atom. The van der Waals surface area contributed by atoms with Crippen molar-refractivity contribution in [2.45, 2.75) is 25.6 Å². The van der Waals surface area contributed by atoms with Crippen LogP contribution in [0.4, 0.5) is 19.1 Å². The van der Waals surface area contributed by atoms with Crippen molar-refractivity contribution in [3.63, 3.8) is 0 Å². The van der Waals surface area contributed by atoms with Gasteiger partial charge >= 0.3 is 12.1 Å². The lowest BCUT2D eigenvalue weighted by Gasteiger charge is -2.12. The molecule has 0 fully saturated rings. The molecule has 0 bridgehead atoms. The van der Waals surface area contributed by atoms with Crippen LogP contribution in [0.15, 0.2) is 12.4 Å². The number of nitrogens with zero attached hydrogens (tertiary/aromatic N) is 2. The summed E-state index contributed by atoms with van der Waals surface area (Å²) in [4.78, 5) is 17.5. The molecule has 0 saturated heterocycles. The van der Waals surface area contributed by atoms with E-state index in [-0.39, 0.29) is 12.4 Å². The van der Waals surface area contributed by atoms with Crippen molar-refractivity contribution in [3.05, 3.63) is 18.0 Å². The van der Waals surface area contributed by atoms with Crippen molar-refractivity contribution in [2.24, 2.45) is 0 Å². The predicted octanol–water partition coefficient (Wildman–Crippen LogP) is 1.77. The zero-order chi connectivity index (χ0) is 13.1. The number of carboxylic acid groups (broad SMARTS) is 1. The van der Waals surface area contributed by atoms with E-state index in [1.54, 1.807) is 6.92 Å². The van der Waals surface area contributed by atoms with E-state index < -0.39 is 23.8 Å². The van der Waals surface area contributed by atoms with Gasteiger partial charge in [-0.15, -0.1) is 0 Å². The maximum absolute atomic E-state index is 12.2. The summed E-state index contributed by atoms with van der Waals surface area (Å²) in [5.41, 5.74) is -0.980. The minimum Gasteiger partial charge on any atom is -0.480 e. The summed E-state index contributed by atoms with van der Waals surface area (Å²) >= 11 is 0. The van der Waals surface area contributed by atoms with Gasteiger partial charge in [-0.05, 0) is 6.42 Å². The lowest BCUT2D eigenvalue weighted by molar-refractivity contribution is -0.139. The maximum Gasteiger partial charge on any atom is 0.419 e. The first-order chi connectivity index (χ1) is 7.84. The highest BCUT2D eigenvalue weighted by atomic mass is 19.4. The molecular formula is C9H10F3N3O2. The normalized spacial score (nSPS) is 13.2. The standard InChI is InChI=1S/C9H10F3N3O2/c1-2-6(7(16)17)15-8-13-3-5(4-14-8)9(10,11)12/h3-4,6H,2H2,1H3,(H,16,17)(H,13,14,15). The fourth-order valence-electron chi connectivity index (χ4n) is 1.04. The first-order valence-corrected chi connectivity index (χ1v) is 4.73. The Balaban J connectivity index is 2.78. The molecule has 1 atom stereocenters. The van der Waals surface area contributed by atoms with Crippen molar-refractivity contribution in [1.29, 1.82) is 0 Å². The number of aromatic nitrogens is 2. The molecule has 0 aromatic carbocycles. The van der Waals surface area contributed by atoms with Crippen LogP contribution in [-0.2, 0) is 11.0 Å². The van der Waals surface area contributed by atoms with Gasteiger partial charge in [0.25, 0.3) is 0 Å². The molecule has 5 nitrogen and oxygen atoms in total. The van der Waals surface area contributed by atoms with E-state index in [2.05, 4.69) is 15.3 Å². The van der Waals surface area contributed by atoms with Crippen LogP contribution in [0.2, 0.25) is 0 Å². The summed E-state index contributed by atoms with van der Waals surface area (Å²) in [5, 5.41) is 11.1. The number of carbonyl (C=O) groups is 1. The summed E-state index contributed by atoms with van der Waals surface area (Å²) in [6.45, 7) is 1.62. The van der Waals surface area contributed by atoms with E-state index in [1.165, 1.54) is 0 Å². The molecule has 1 unspecified atom stereocenters. The minimum absolute atomic E-state index is 0.146. The smallest absolute Gasteiger partial charge is 0.419 e. The van der Waals surface area contributed by atoms with Crippen LogP contribution in [0.3, 0.4) is 0 Å². The molecule has 1 aromatic rings. The molecule has 0 radical (unpaired) electrons. The van der Waals surface area contributed by atoms with Crippen LogP contribution in [0, 0.1) is 0 Å². The molecule has 0 saturated carbocycles. The van der Waals surface area contributed by atoms with Crippen LogP contribution in [-0.4, -0.2) is 27.1 Å². The first-order valence-electron chi connectivity index (χ1n) is 4.73. The van der Waals surface area contributed by atoms with E-state index in [1.807, 2.05) is 0 Å². The molecule has 0 aliphatic rings. The second kappa shape index (κ2) is 4.98. The van der Waals surface area contributed by atoms with Crippen LogP contribution in [0.1, 0.15) is 18.9 Å². The Labute approximate surface area is 94.7 Å². The Bertz CT molecular complexity index is 391. The predicted molar refractivity (Wildman–Crippen MR) is 52.4 cm³/mol. The summed E-state index contributed by atoms with van der Waals surface area (Å²) in [5.74, 6) is -1.26. The fraction of sp³-hybridized carbons (Fsp3) is 0.444. The van der Waals surface area contributed by atoms with Crippen molar-refractivity contribution in [2.75, 3.05) is 5.32 Å². The Morgan fingerprint density at radius 1 is 1.47 bits per heavy atom. The van der Waals surface area contributed by atoms with Gasteiger partial charge < -0.3 is 10.4 Å². The van der Waals surface area contributed by atoms with Gasteiger partial charge in [-0.1, -0.05) is 6.92 Å². The fourth-order valence-corrected chi connectivity index (χ4v) is 1.04. The number of anilines is 1. The van der Waals surface area contributed by atoms with Crippen LogP contribution in [0.25, 0.3) is 0 Å². The van der Waals surface area contributed by atoms with E-state index in [9.17, 15) is 18.0 Å². The first kappa shape index (κ1) is 13.2. The molecule has 0 amide bonds. The van der Waals surface area contributed by atoms with Crippen LogP contribution in [0.5, 0.6) is 0 Å². The van der Waals surface area contributed by atoms with E-state index in [0.717, 1.165) is 0 Å². The summed E-state index contributed by atoms with van der Waals surface area (Å²) in [7, 11) is 0. The highest BCUT2D eigenvalue weighted by Gasteiger charge is 2.31.